The number of carbonyl (C=O) groups excluding carboxylic acids is 1. The van der Waals surface area contributed by atoms with E-state index in [2.05, 4.69) is 11.8 Å². The standard InChI is InChI=1S/C23H26O6S/c1-5-27-22(24)23(3,4)29-20-11-8-10-19(17-20)9-6-7-16-28-30(25,26)21-14-12-18(2)13-15-21/h8,10-15,17H,5,7,16H2,1-4H3. The lowest BCUT2D eigenvalue weighted by molar-refractivity contribution is -0.158. The van der Waals surface area contributed by atoms with Gasteiger partial charge in [-0.2, -0.15) is 8.42 Å². The summed E-state index contributed by atoms with van der Waals surface area (Å²) in [6, 6.07) is 13.4. The van der Waals surface area contributed by atoms with E-state index in [1.54, 1.807) is 57.2 Å². The van der Waals surface area contributed by atoms with Crippen LogP contribution in [0.1, 0.15) is 38.3 Å². The molecule has 0 saturated carbocycles. The van der Waals surface area contributed by atoms with Crippen LogP contribution in [0.25, 0.3) is 0 Å². The molecular weight excluding hydrogens is 404 g/mol. The second-order valence-electron chi connectivity index (χ2n) is 7.00. The molecule has 0 spiro atoms. The quantitative estimate of drug-likeness (QED) is 0.274. The van der Waals surface area contributed by atoms with E-state index in [4.69, 9.17) is 13.7 Å². The fourth-order valence-electron chi connectivity index (χ4n) is 2.42. The van der Waals surface area contributed by atoms with Crippen molar-refractivity contribution in [3.8, 4) is 17.6 Å². The Morgan fingerprint density at radius 2 is 1.80 bits per heavy atom. The molecule has 2 rings (SSSR count). The highest BCUT2D eigenvalue weighted by Crippen LogP contribution is 2.20. The highest BCUT2D eigenvalue weighted by Gasteiger charge is 2.31. The molecule has 30 heavy (non-hydrogen) atoms. The van der Waals surface area contributed by atoms with E-state index in [0.29, 0.717) is 11.3 Å². The molecule has 0 aliphatic carbocycles. The molecule has 160 valence electrons. The van der Waals surface area contributed by atoms with Crippen molar-refractivity contribution in [1.29, 1.82) is 0 Å². The van der Waals surface area contributed by atoms with Crippen LogP contribution in [-0.2, 0) is 23.8 Å². The minimum absolute atomic E-state index is 0.0463. The van der Waals surface area contributed by atoms with Gasteiger partial charge in [0.1, 0.15) is 5.75 Å². The predicted octanol–water partition coefficient (Wildman–Crippen LogP) is 3.86. The van der Waals surface area contributed by atoms with Gasteiger partial charge >= 0.3 is 5.97 Å². The average molecular weight is 431 g/mol. The van der Waals surface area contributed by atoms with Gasteiger partial charge in [0.25, 0.3) is 10.1 Å². The second kappa shape index (κ2) is 10.3. The van der Waals surface area contributed by atoms with Gasteiger partial charge in [0.05, 0.1) is 18.1 Å². The summed E-state index contributed by atoms with van der Waals surface area (Å²) >= 11 is 0. The smallest absolute Gasteiger partial charge is 0.349 e. The van der Waals surface area contributed by atoms with Crippen molar-refractivity contribution in [2.45, 2.75) is 44.6 Å². The van der Waals surface area contributed by atoms with Crippen LogP contribution < -0.4 is 4.74 Å². The van der Waals surface area contributed by atoms with E-state index in [1.807, 2.05) is 6.92 Å². The van der Waals surface area contributed by atoms with Crippen molar-refractivity contribution >= 4 is 16.1 Å². The zero-order valence-electron chi connectivity index (χ0n) is 17.6. The van der Waals surface area contributed by atoms with E-state index in [1.165, 1.54) is 12.1 Å². The molecule has 0 N–H and O–H groups in total. The molecule has 2 aromatic rings. The fourth-order valence-corrected chi connectivity index (χ4v) is 3.33. The lowest BCUT2D eigenvalue weighted by Crippen LogP contribution is -2.39. The first-order valence-corrected chi connectivity index (χ1v) is 11.0. The Labute approximate surface area is 178 Å². The van der Waals surface area contributed by atoms with Crippen LogP contribution in [0.2, 0.25) is 0 Å². The van der Waals surface area contributed by atoms with E-state index in [9.17, 15) is 13.2 Å². The van der Waals surface area contributed by atoms with Gasteiger partial charge in [-0.15, -0.1) is 0 Å². The molecule has 0 aliphatic heterocycles. The summed E-state index contributed by atoms with van der Waals surface area (Å²) in [4.78, 5) is 12.1. The lowest BCUT2D eigenvalue weighted by atomic mass is 10.1. The Hall–Kier alpha value is -2.82. The van der Waals surface area contributed by atoms with Crippen LogP contribution in [0, 0.1) is 18.8 Å². The minimum atomic E-state index is -3.79. The van der Waals surface area contributed by atoms with Crippen molar-refractivity contribution in [1.82, 2.24) is 0 Å². The summed E-state index contributed by atoms with van der Waals surface area (Å²) in [7, 11) is -3.79. The summed E-state index contributed by atoms with van der Waals surface area (Å²) in [6.07, 6.45) is 0.241. The highest BCUT2D eigenvalue weighted by atomic mass is 32.2. The second-order valence-corrected chi connectivity index (χ2v) is 8.62. The molecule has 0 aromatic heterocycles. The number of rotatable bonds is 8. The molecule has 2 aromatic carbocycles. The first-order chi connectivity index (χ1) is 14.1. The summed E-state index contributed by atoms with van der Waals surface area (Å²) in [6.45, 7) is 7.11. The van der Waals surface area contributed by atoms with E-state index >= 15 is 0 Å². The van der Waals surface area contributed by atoms with Crippen LogP contribution in [0.4, 0.5) is 0 Å². The fraction of sp³-hybridized carbons (Fsp3) is 0.348. The Morgan fingerprint density at radius 1 is 1.10 bits per heavy atom. The molecule has 0 radical (unpaired) electrons. The third-order valence-corrected chi connectivity index (χ3v) is 5.31. The van der Waals surface area contributed by atoms with Crippen molar-refractivity contribution < 1.29 is 26.9 Å². The van der Waals surface area contributed by atoms with Crippen molar-refractivity contribution in [3.05, 3.63) is 59.7 Å². The van der Waals surface area contributed by atoms with E-state index < -0.39 is 21.7 Å². The Bertz CT molecular complexity index is 1030. The maximum atomic E-state index is 12.1. The van der Waals surface area contributed by atoms with Gasteiger partial charge < -0.3 is 9.47 Å². The first-order valence-electron chi connectivity index (χ1n) is 9.55. The number of hydrogen-bond donors (Lipinski definition) is 0. The lowest BCUT2D eigenvalue weighted by Gasteiger charge is -2.24. The normalized spacial score (nSPS) is 11.3. The van der Waals surface area contributed by atoms with Gasteiger partial charge in [0, 0.05) is 12.0 Å². The Morgan fingerprint density at radius 3 is 2.47 bits per heavy atom. The maximum absolute atomic E-state index is 12.1. The molecule has 7 heteroatoms. The minimum Gasteiger partial charge on any atom is -0.476 e. The van der Waals surface area contributed by atoms with Gasteiger partial charge in [0.2, 0.25) is 0 Å². The molecule has 0 amide bonds. The molecule has 0 atom stereocenters. The maximum Gasteiger partial charge on any atom is 0.349 e. The molecule has 0 aliphatic rings. The molecule has 0 fully saturated rings. The van der Waals surface area contributed by atoms with Crippen LogP contribution in [0.15, 0.2) is 53.4 Å². The largest absolute Gasteiger partial charge is 0.476 e. The van der Waals surface area contributed by atoms with Gasteiger partial charge in [-0.3, -0.25) is 4.18 Å². The van der Waals surface area contributed by atoms with Gasteiger partial charge in [-0.25, -0.2) is 4.79 Å². The zero-order valence-corrected chi connectivity index (χ0v) is 18.4. The van der Waals surface area contributed by atoms with Crippen LogP contribution in [0.3, 0.4) is 0 Å². The zero-order chi connectivity index (χ0) is 22.2. The first kappa shape index (κ1) is 23.5. The summed E-state index contributed by atoms with van der Waals surface area (Å²) in [5.41, 5.74) is 0.519. The van der Waals surface area contributed by atoms with Crippen molar-refractivity contribution in [2.24, 2.45) is 0 Å². The Balaban J connectivity index is 1.93. The predicted molar refractivity (Wildman–Crippen MR) is 114 cm³/mol. The third-order valence-electron chi connectivity index (χ3n) is 3.98. The SMILES string of the molecule is CCOC(=O)C(C)(C)Oc1cccc(C#CCCOS(=O)(=O)c2ccc(C)cc2)c1. The van der Waals surface area contributed by atoms with Gasteiger partial charge in [0.15, 0.2) is 5.60 Å². The molecule has 0 saturated heterocycles. The van der Waals surface area contributed by atoms with Crippen LogP contribution in [-0.4, -0.2) is 33.2 Å². The average Bonchev–Trinajstić information content (AvgIpc) is 2.68. The number of benzene rings is 2. The molecule has 0 unspecified atom stereocenters. The summed E-state index contributed by atoms with van der Waals surface area (Å²) in [5, 5.41) is 0. The number of hydrogen-bond acceptors (Lipinski definition) is 6. The molecule has 0 bridgehead atoms. The topological polar surface area (TPSA) is 78.9 Å². The third kappa shape index (κ3) is 6.90. The Kier molecular flexibility index (Phi) is 8.04. The number of ether oxygens (including phenoxy) is 2. The highest BCUT2D eigenvalue weighted by molar-refractivity contribution is 7.86. The monoisotopic (exact) mass is 430 g/mol. The van der Waals surface area contributed by atoms with Gasteiger partial charge in [-0.1, -0.05) is 35.6 Å². The van der Waals surface area contributed by atoms with Gasteiger partial charge in [-0.05, 0) is 58.0 Å². The van der Waals surface area contributed by atoms with Crippen LogP contribution >= 0.6 is 0 Å². The van der Waals surface area contributed by atoms with E-state index in [-0.39, 0.29) is 24.5 Å². The summed E-state index contributed by atoms with van der Waals surface area (Å²) < 4.78 is 40.0. The molecular formula is C23H26O6S. The van der Waals surface area contributed by atoms with Crippen molar-refractivity contribution in [2.75, 3.05) is 13.2 Å². The number of esters is 1. The number of aryl methyl sites for hydroxylation is 1. The number of carbonyl (C=O) groups is 1. The van der Waals surface area contributed by atoms with Crippen LogP contribution in [0.5, 0.6) is 5.75 Å². The van der Waals surface area contributed by atoms with E-state index in [0.717, 1.165) is 5.56 Å². The molecule has 6 nitrogen and oxygen atoms in total. The molecule has 0 heterocycles. The van der Waals surface area contributed by atoms with Crippen molar-refractivity contribution in [3.63, 3.8) is 0 Å². The summed E-state index contributed by atoms with van der Waals surface area (Å²) in [5.74, 6) is 5.85.